The molecule has 1 heterocycles. The molecular formula is C16H20O6S. The highest BCUT2D eigenvalue weighted by atomic mass is 32.1. The van der Waals surface area contributed by atoms with E-state index in [-0.39, 0.29) is 22.3 Å². The van der Waals surface area contributed by atoms with Gasteiger partial charge in [-0.05, 0) is 44.7 Å². The van der Waals surface area contributed by atoms with Crippen molar-refractivity contribution in [1.82, 2.24) is 0 Å². The van der Waals surface area contributed by atoms with Gasteiger partial charge in [0.05, 0.1) is 13.2 Å². The highest BCUT2D eigenvalue weighted by Gasteiger charge is 2.13. The van der Waals surface area contributed by atoms with Crippen LogP contribution >= 0.6 is 11.3 Å². The monoisotopic (exact) mass is 340 g/mol. The third kappa shape index (κ3) is 7.10. The molecule has 0 radical (unpaired) electrons. The number of aromatic carboxylic acids is 1. The first kappa shape index (κ1) is 18.9. The van der Waals surface area contributed by atoms with E-state index in [1.807, 2.05) is 0 Å². The molecule has 0 aliphatic rings. The van der Waals surface area contributed by atoms with Crippen molar-refractivity contribution in [3.8, 4) is 0 Å². The Morgan fingerprint density at radius 2 is 1.61 bits per heavy atom. The fourth-order valence-corrected chi connectivity index (χ4v) is 2.38. The van der Waals surface area contributed by atoms with Gasteiger partial charge >= 0.3 is 17.9 Å². The lowest BCUT2D eigenvalue weighted by Crippen LogP contribution is -2.06. The lowest BCUT2D eigenvalue weighted by molar-refractivity contribution is -0.139. The molecule has 126 valence electrons. The Hall–Kier alpha value is -2.15. The van der Waals surface area contributed by atoms with Crippen LogP contribution in [0, 0.1) is 0 Å². The Balaban J connectivity index is 2.08. The third-order valence-corrected chi connectivity index (χ3v) is 3.92. The molecule has 0 saturated carbocycles. The number of rotatable bonds is 10. The predicted octanol–water partition coefficient (Wildman–Crippen LogP) is 3.28. The van der Waals surface area contributed by atoms with E-state index >= 15 is 0 Å². The van der Waals surface area contributed by atoms with Gasteiger partial charge in [0.2, 0.25) is 0 Å². The molecular weight excluding hydrogens is 320 g/mol. The molecule has 0 fully saturated rings. The number of hydrogen-bond donors (Lipinski definition) is 1. The molecule has 1 aromatic heterocycles. The van der Waals surface area contributed by atoms with Crippen LogP contribution in [0.25, 0.3) is 0 Å². The molecule has 0 unspecified atom stereocenters. The van der Waals surface area contributed by atoms with Gasteiger partial charge in [0.15, 0.2) is 0 Å². The van der Waals surface area contributed by atoms with Crippen molar-refractivity contribution in [1.29, 1.82) is 0 Å². The maximum absolute atomic E-state index is 11.7. The summed E-state index contributed by atoms with van der Waals surface area (Å²) in [5.74, 6) is -1.94. The van der Waals surface area contributed by atoms with Crippen LogP contribution in [0.2, 0.25) is 0 Å². The fraction of sp³-hybridized carbons (Fsp3) is 0.438. The van der Waals surface area contributed by atoms with Crippen molar-refractivity contribution in [3.05, 3.63) is 34.0 Å². The summed E-state index contributed by atoms with van der Waals surface area (Å²) < 4.78 is 10.0. The van der Waals surface area contributed by atoms with Gasteiger partial charge in [-0.25, -0.2) is 14.4 Å². The normalized spacial score (nSPS) is 10.1. The lowest BCUT2D eigenvalue weighted by atomic mass is 10.2. The minimum Gasteiger partial charge on any atom is -0.477 e. The van der Waals surface area contributed by atoms with Gasteiger partial charge in [0.1, 0.15) is 9.75 Å². The van der Waals surface area contributed by atoms with Crippen molar-refractivity contribution < 1.29 is 29.0 Å². The van der Waals surface area contributed by atoms with Gasteiger partial charge in [-0.3, -0.25) is 0 Å². The van der Waals surface area contributed by atoms with Crippen LogP contribution in [-0.2, 0) is 14.3 Å². The van der Waals surface area contributed by atoms with E-state index in [2.05, 4.69) is 6.58 Å². The van der Waals surface area contributed by atoms with Crippen LogP contribution in [0.1, 0.15) is 52.0 Å². The smallest absolute Gasteiger partial charge is 0.348 e. The average molecular weight is 340 g/mol. The molecule has 0 bridgehead atoms. The van der Waals surface area contributed by atoms with E-state index in [0.29, 0.717) is 18.6 Å². The van der Waals surface area contributed by atoms with Crippen molar-refractivity contribution in [2.75, 3.05) is 13.2 Å². The van der Waals surface area contributed by atoms with Gasteiger partial charge < -0.3 is 14.6 Å². The molecule has 7 heteroatoms. The summed E-state index contributed by atoms with van der Waals surface area (Å²) in [6.45, 7) is 5.74. The molecule has 0 spiro atoms. The standard InChI is InChI=1S/C16H20O6S/c1-11(2)15(19)21-9-5-3-4-6-10-22-16(20)13-8-7-12(23-13)14(17)18/h7-8H,1,3-6,9-10H2,2H3,(H,17,18). The summed E-state index contributed by atoms with van der Waals surface area (Å²) in [5.41, 5.74) is 0.386. The average Bonchev–Trinajstić information content (AvgIpc) is 2.99. The van der Waals surface area contributed by atoms with Crippen molar-refractivity contribution in [3.63, 3.8) is 0 Å². The molecule has 1 rings (SSSR count). The molecule has 0 aromatic carbocycles. The molecule has 6 nitrogen and oxygen atoms in total. The maximum Gasteiger partial charge on any atom is 0.348 e. The summed E-state index contributed by atoms with van der Waals surface area (Å²) in [4.78, 5) is 33.9. The first-order valence-corrected chi connectivity index (χ1v) is 8.06. The quantitative estimate of drug-likeness (QED) is 0.399. The maximum atomic E-state index is 11.7. The summed E-state index contributed by atoms with van der Waals surface area (Å²) in [7, 11) is 0. The Morgan fingerprint density at radius 1 is 1.04 bits per heavy atom. The largest absolute Gasteiger partial charge is 0.477 e. The summed E-state index contributed by atoms with van der Waals surface area (Å²) >= 11 is 0.899. The number of thiophene rings is 1. The predicted molar refractivity (Wildman–Crippen MR) is 85.8 cm³/mol. The third-order valence-electron chi connectivity index (χ3n) is 2.87. The second-order valence-electron chi connectivity index (χ2n) is 4.94. The van der Waals surface area contributed by atoms with E-state index in [4.69, 9.17) is 14.6 Å². The number of esters is 2. The topological polar surface area (TPSA) is 89.9 Å². The van der Waals surface area contributed by atoms with Crippen LogP contribution in [0.5, 0.6) is 0 Å². The Kier molecular flexibility index (Phi) is 8.04. The molecule has 0 saturated heterocycles. The summed E-state index contributed by atoms with van der Waals surface area (Å²) in [5, 5.41) is 8.78. The lowest BCUT2D eigenvalue weighted by Gasteiger charge is -2.05. The molecule has 0 aliphatic heterocycles. The minimum atomic E-state index is -1.05. The van der Waals surface area contributed by atoms with Crippen LogP contribution in [0.15, 0.2) is 24.3 Å². The van der Waals surface area contributed by atoms with Crippen LogP contribution in [0.3, 0.4) is 0 Å². The number of hydrogen-bond acceptors (Lipinski definition) is 6. The van der Waals surface area contributed by atoms with E-state index in [1.165, 1.54) is 12.1 Å². The number of carboxylic acids is 1. The highest BCUT2D eigenvalue weighted by Crippen LogP contribution is 2.17. The van der Waals surface area contributed by atoms with Crippen LogP contribution < -0.4 is 0 Å². The molecule has 1 N–H and O–H groups in total. The van der Waals surface area contributed by atoms with Gasteiger partial charge in [-0.2, -0.15) is 0 Å². The van der Waals surface area contributed by atoms with Gasteiger partial charge in [-0.1, -0.05) is 6.58 Å². The zero-order valence-corrected chi connectivity index (χ0v) is 13.8. The minimum absolute atomic E-state index is 0.112. The molecule has 0 aliphatic carbocycles. The van der Waals surface area contributed by atoms with Crippen LogP contribution in [0.4, 0.5) is 0 Å². The number of carbonyl (C=O) groups is 3. The number of unbranched alkanes of at least 4 members (excludes halogenated alkanes) is 3. The highest BCUT2D eigenvalue weighted by molar-refractivity contribution is 7.15. The zero-order valence-electron chi connectivity index (χ0n) is 13.0. The fourth-order valence-electron chi connectivity index (χ4n) is 1.64. The van der Waals surface area contributed by atoms with E-state index in [1.54, 1.807) is 6.92 Å². The van der Waals surface area contributed by atoms with Crippen molar-refractivity contribution >= 4 is 29.2 Å². The Labute approximate surface area is 138 Å². The Bertz CT molecular complexity index is 575. The number of ether oxygens (including phenoxy) is 2. The first-order chi connectivity index (χ1) is 10.9. The second kappa shape index (κ2) is 9.78. The van der Waals surface area contributed by atoms with E-state index < -0.39 is 11.9 Å². The molecule has 1 aromatic rings. The Morgan fingerprint density at radius 3 is 2.13 bits per heavy atom. The van der Waals surface area contributed by atoms with Crippen molar-refractivity contribution in [2.24, 2.45) is 0 Å². The number of carboxylic acid groups (broad SMARTS) is 1. The molecule has 23 heavy (non-hydrogen) atoms. The van der Waals surface area contributed by atoms with Crippen LogP contribution in [-0.4, -0.2) is 36.2 Å². The molecule has 0 atom stereocenters. The zero-order chi connectivity index (χ0) is 17.2. The molecule has 0 amide bonds. The van der Waals surface area contributed by atoms with E-state index in [9.17, 15) is 14.4 Å². The van der Waals surface area contributed by atoms with Gasteiger partial charge in [-0.15, -0.1) is 11.3 Å². The summed E-state index contributed by atoms with van der Waals surface area (Å²) in [6.07, 6.45) is 3.17. The second-order valence-corrected chi connectivity index (χ2v) is 6.02. The van der Waals surface area contributed by atoms with Gasteiger partial charge in [0.25, 0.3) is 0 Å². The van der Waals surface area contributed by atoms with Gasteiger partial charge in [0, 0.05) is 5.57 Å². The van der Waals surface area contributed by atoms with E-state index in [0.717, 1.165) is 30.6 Å². The number of carbonyl (C=O) groups excluding carboxylic acids is 2. The first-order valence-electron chi connectivity index (χ1n) is 7.24. The summed E-state index contributed by atoms with van der Waals surface area (Å²) in [6, 6.07) is 2.84. The van der Waals surface area contributed by atoms with Crippen molar-refractivity contribution in [2.45, 2.75) is 32.6 Å². The SMILES string of the molecule is C=C(C)C(=O)OCCCCCCOC(=O)c1ccc(C(=O)O)s1.